The molecular formula is C11H14ClNO2. The molecule has 0 saturated carbocycles. The Bertz CT molecular complexity index is 390. The maximum absolute atomic E-state index is 10.5. The molecule has 0 heterocycles. The lowest BCUT2D eigenvalue weighted by atomic mass is 9.98. The van der Waals surface area contributed by atoms with Crippen molar-refractivity contribution in [2.75, 3.05) is 0 Å². The molecule has 0 bridgehead atoms. The van der Waals surface area contributed by atoms with E-state index in [1.165, 1.54) is 0 Å². The maximum atomic E-state index is 10.5. The van der Waals surface area contributed by atoms with E-state index in [-0.39, 0.29) is 6.42 Å². The Morgan fingerprint density at radius 3 is 2.60 bits per heavy atom. The summed E-state index contributed by atoms with van der Waals surface area (Å²) in [5.41, 5.74) is 8.53. The third-order valence-corrected chi connectivity index (χ3v) is 2.75. The molecule has 1 aromatic carbocycles. The zero-order valence-electron chi connectivity index (χ0n) is 8.75. The molecule has 3 nitrogen and oxygen atoms in total. The molecular weight excluding hydrogens is 214 g/mol. The third-order valence-electron chi connectivity index (χ3n) is 2.34. The molecule has 0 aromatic heterocycles. The summed E-state index contributed by atoms with van der Waals surface area (Å²) < 4.78 is 0. The lowest BCUT2D eigenvalue weighted by Crippen LogP contribution is -2.16. The first-order valence-electron chi connectivity index (χ1n) is 4.66. The first-order valence-corrected chi connectivity index (χ1v) is 5.03. The Hall–Kier alpha value is -1.06. The van der Waals surface area contributed by atoms with Crippen LogP contribution in [0.2, 0.25) is 5.02 Å². The Balaban J connectivity index is 3.03. The van der Waals surface area contributed by atoms with Crippen LogP contribution < -0.4 is 5.73 Å². The second kappa shape index (κ2) is 4.64. The van der Waals surface area contributed by atoms with Gasteiger partial charge in [0.25, 0.3) is 0 Å². The van der Waals surface area contributed by atoms with Crippen LogP contribution in [0.25, 0.3) is 0 Å². The summed E-state index contributed by atoms with van der Waals surface area (Å²) in [6, 6.07) is 3.17. The van der Waals surface area contributed by atoms with Crippen LogP contribution in [0.5, 0.6) is 0 Å². The Morgan fingerprint density at radius 2 is 2.07 bits per heavy atom. The van der Waals surface area contributed by atoms with Crippen LogP contribution >= 0.6 is 11.6 Å². The molecule has 1 rings (SSSR count). The van der Waals surface area contributed by atoms with E-state index in [2.05, 4.69) is 0 Å². The van der Waals surface area contributed by atoms with Crippen molar-refractivity contribution in [3.8, 4) is 0 Å². The number of carbonyl (C=O) groups is 1. The van der Waals surface area contributed by atoms with Gasteiger partial charge in [0.2, 0.25) is 0 Å². The minimum absolute atomic E-state index is 0.0831. The molecule has 0 fully saturated rings. The number of carboxylic acid groups (broad SMARTS) is 1. The van der Waals surface area contributed by atoms with Crippen LogP contribution in [0.4, 0.5) is 0 Å². The maximum Gasteiger partial charge on any atom is 0.305 e. The summed E-state index contributed by atoms with van der Waals surface area (Å²) in [5, 5.41) is 9.27. The molecule has 0 aliphatic heterocycles. The van der Waals surface area contributed by atoms with Gasteiger partial charge >= 0.3 is 5.97 Å². The normalized spacial score (nSPS) is 12.5. The number of aryl methyl sites for hydroxylation is 2. The second-order valence-corrected chi connectivity index (χ2v) is 4.07. The lowest BCUT2D eigenvalue weighted by molar-refractivity contribution is -0.137. The molecule has 0 aliphatic carbocycles. The van der Waals surface area contributed by atoms with E-state index >= 15 is 0 Å². The standard InChI is InChI=1S/C11H14ClNO2/c1-6-3-7(2)9(12)4-8(6)10(13)5-11(14)15/h3-4,10H,5,13H2,1-2H3,(H,14,15). The van der Waals surface area contributed by atoms with Crippen molar-refractivity contribution in [2.45, 2.75) is 26.3 Å². The first kappa shape index (κ1) is 12.0. The van der Waals surface area contributed by atoms with Crippen LogP contribution in [0.1, 0.15) is 29.2 Å². The highest BCUT2D eigenvalue weighted by molar-refractivity contribution is 6.31. The summed E-state index contributed by atoms with van der Waals surface area (Å²) in [5.74, 6) is -0.904. The van der Waals surface area contributed by atoms with Crippen molar-refractivity contribution in [3.63, 3.8) is 0 Å². The van der Waals surface area contributed by atoms with Crippen LogP contribution in [0, 0.1) is 13.8 Å². The summed E-state index contributed by atoms with van der Waals surface area (Å²) in [4.78, 5) is 10.5. The highest BCUT2D eigenvalue weighted by Gasteiger charge is 2.14. The molecule has 4 heteroatoms. The fourth-order valence-electron chi connectivity index (χ4n) is 1.54. The second-order valence-electron chi connectivity index (χ2n) is 3.66. The number of hydrogen-bond donors (Lipinski definition) is 2. The Morgan fingerprint density at radius 1 is 1.47 bits per heavy atom. The van der Waals surface area contributed by atoms with Crippen LogP contribution in [0.3, 0.4) is 0 Å². The van der Waals surface area contributed by atoms with Gasteiger partial charge in [-0.25, -0.2) is 0 Å². The van der Waals surface area contributed by atoms with E-state index in [1.54, 1.807) is 6.07 Å². The monoisotopic (exact) mass is 227 g/mol. The molecule has 0 saturated heterocycles. The van der Waals surface area contributed by atoms with Crippen molar-refractivity contribution in [1.82, 2.24) is 0 Å². The van der Waals surface area contributed by atoms with Crippen molar-refractivity contribution in [2.24, 2.45) is 5.73 Å². The number of nitrogens with two attached hydrogens (primary N) is 1. The van der Waals surface area contributed by atoms with Crippen molar-refractivity contribution >= 4 is 17.6 Å². The highest BCUT2D eigenvalue weighted by atomic mass is 35.5. The van der Waals surface area contributed by atoms with Crippen LogP contribution in [-0.2, 0) is 4.79 Å². The fourth-order valence-corrected chi connectivity index (χ4v) is 1.71. The van der Waals surface area contributed by atoms with Crippen LogP contribution in [0.15, 0.2) is 12.1 Å². The molecule has 0 aliphatic rings. The predicted octanol–water partition coefficient (Wildman–Crippen LogP) is 2.43. The van der Waals surface area contributed by atoms with E-state index in [0.717, 1.165) is 16.7 Å². The summed E-state index contributed by atoms with van der Waals surface area (Å²) in [6.07, 6.45) is -0.0831. The van der Waals surface area contributed by atoms with Gasteiger partial charge in [-0.3, -0.25) is 4.79 Å². The van der Waals surface area contributed by atoms with E-state index in [4.69, 9.17) is 22.4 Å². The molecule has 0 radical (unpaired) electrons. The fraction of sp³-hybridized carbons (Fsp3) is 0.364. The Kier molecular flexibility index (Phi) is 3.72. The minimum Gasteiger partial charge on any atom is -0.481 e. The number of aliphatic carboxylic acids is 1. The van der Waals surface area contributed by atoms with Gasteiger partial charge in [-0.15, -0.1) is 0 Å². The van der Waals surface area contributed by atoms with Gasteiger partial charge in [-0.2, -0.15) is 0 Å². The van der Waals surface area contributed by atoms with E-state index in [0.29, 0.717) is 5.02 Å². The van der Waals surface area contributed by atoms with Gasteiger partial charge in [-0.05, 0) is 36.6 Å². The van der Waals surface area contributed by atoms with Gasteiger partial charge in [0, 0.05) is 11.1 Å². The topological polar surface area (TPSA) is 63.3 Å². The molecule has 3 N–H and O–H groups in total. The largest absolute Gasteiger partial charge is 0.481 e. The third kappa shape index (κ3) is 2.94. The van der Waals surface area contributed by atoms with E-state index in [9.17, 15) is 4.79 Å². The highest BCUT2D eigenvalue weighted by Crippen LogP contribution is 2.25. The van der Waals surface area contributed by atoms with Crippen LogP contribution in [-0.4, -0.2) is 11.1 Å². The van der Waals surface area contributed by atoms with Crippen molar-refractivity contribution in [1.29, 1.82) is 0 Å². The Labute approximate surface area is 93.9 Å². The van der Waals surface area contributed by atoms with Gasteiger partial charge in [0.1, 0.15) is 0 Å². The molecule has 1 aromatic rings. The smallest absolute Gasteiger partial charge is 0.305 e. The first-order chi connectivity index (χ1) is 6.91. The van der Waals surface area contributed by atoms with E-state index in [1.807, 2.05) is 19.9 Å². The van der Waals surface area contributed by atoms with Gasteiger partial charge in [0.05, 0.1) is 6.42 Å². The van der Waals surface area contributed by atoms with E-state index < -0.39 is 12.0 Å². The zero-order chi connectivity index (χ0) is 11.6. The molecule has 1 atom stereocenters. The predicted molar refractivity (Wildman–Crippen MR) is 60.1 cm³/mol. The number of benzene rings is 1. The van der Waals surface area contributed by atoms with Gasteiger partial charge in [0.15, 0.2) is 0 Å². The summed E-state index contributed by atoms with van der Waals surface area (Å²) in [7, 11) is 0. The zero-order valence-corrected chi connectivity index (χ0v) is 9.51. The molecule has 0 amide bonds. The molecule has 15 heavy (non-hydrogen) atoms. The number of carboxylic acids is 1. The average molecular weight is 228 g/mol. The van der Waals surface area contributed by atoms with Crippen molar-refractivity contribution in [3.05, 3.63) is 33.8 Å². The summed E-state index contributed by atoms with van der Waals surface area (Å²) in [6.45, 7) is 3.81. The molecule has 0 spiro atoms. The lowest BCUT2D eigenvalue weighted by Gasteiger charge is -2.14. The average Bonchev–Trinajstić information content (AvgIpc) is 2.09. The van der Waals surface area contributed by atoms with Gasteiger partial charge < -0.3 is 10.8 Å². The number of halogens is 1. The molecule has 1 unspecified atom stereocenters. The molecule has 82 valence electrons. The number of rotatable bonds is 3. The minimum atomic E-state index is -0.904. The number of hydrogen-bond acceptors (Lipinski definition) is 2. The van der Waals surface area contributed by atoms with Crippen molar-refractivity contribution < 1.29 is 9.90 Å². The SMILES string of the molecule is Cc1cc(C)c(C(N)CC(=O)O)cc1Cl. The van der Waals surface area contributed by atoms with Gasteiger partial charge in [-0.1, -0.05) is 17.7 Å². The quantitative estimate of drug-likeness (QED) is 0.834. The summed E-state index contributed by atoms with van der Waals surface area (Å²) >= 11 is 5.96.